The summed E-state index contributed by atoms with van der Waals surface area (Å²) in [5.74, 6) is 0.0619. The molecular formula is C17H27N3O3. The van der Waals surface area contributed by atoms with Gasteiger partial charge in [0.05, 0.1) is 12.2 Å². The van der Waals surface area contributed by atoms with Crippen molar-refractivity contribution in [3.8, 4) is 0 Å². The Morgan fingerprint density at radius 3 is 2.78 bits per heavy atom. The standard InChI is InChI=1S/C17H27N3O3/c1-17(2,3)23-16(22)20-10-6-7-13(11-20)19(4)12-15(21)14-8-5-9-18-14/h5,8-9,13,18H,6-7,10-12H2,1-4H3. The summed E-state index contributed by atoms with van der Waals surface area (Å²) >= 11 is 0. The van der Waals surface area contributed by atoms with E-state index in [1.54, 1.807) is 17.2 Å². The van der Waals surface area contributed by atoms with E-state index in [4.69, 9.17) is 4.74 Å². The van der Waals surface area contributed by atoms with Crippen LogP contribution >= 0.6 is 0 Å². The smallest absolute Gasteiger partial charge is 0.410 e. The number of likely N-dealkylation sites (N-methyl/N-ethyl adjacent to an activating group) is 1. The minimum atomic E-state index is -0.487. The highest BCUT2D eigenvalue weighted by molar-refractivity contribution is 5.95. The van der Waals surface area contributed by atoms with Gasteiger partial charge >= 0.3 is 6.09 Å². The Morgan fingerprint density at radius 1 is 1.43 bits per heavy atom. The molecule has 2 heterocycles. The highest BCUT2D eigenvalue weighted by Gasteiger charge is 2.30. The van der Waals surface area contributed by atoms with Crippen molar-refractivity contribution in [1.29, 1.82) is 0 Å². The number of aromatic amines is 1. The lowest BCUT2D eigenvalue weighted by atomic mass is 10.0. The normalized spacial score (nSPS) is 19.0. The van der Waals surface area contributed by atoms with Crippen molar-refractivity contribution in [1.82, 2.24) is 14.8 Å². The molecule has 1 saturated heterocycles. The van der Waals surface area contributed by atoms with Gasteiger partial charge in [0.15, 0.2) is 5.78 Å². The Balaban J connectivity index is 1.90. The maximum Gasteiger partial charge on any atom is 0.410 e. The zero-order chi connectivity index (χ0) is 17.0. The summed E-state index contributed by atoms with van der Waals surface area (Å²) in [6.45, 7) is 7.26. The van der Waals surface area contributed by atoms with E-state index in [0.29, 0.717) is 25.3 Å². The second-order valence-corrected chi connectivity index (χ2v) is 7.14. The van der Waals surface area contributed by atoms with Crippen LogP contribution in [0.5, 0.6) is 0 Å². The first-order chi connectivity index (χ1) is 10.8. The summed E-state index contributed by atoms with van der Waals surface area (Å²) < 4.78 is 5.44. The molecule has 1 aromatic rings. The number of carbonyl (C=O) groups excluding carboxylic acids is 2. The summed E-state index contributed by atoms with van der Waals surface area (Å²) in [5.41, 5.74) is 0.135. The first kappa shape index (κ1) is 17.5. The van der Waals surface area contributed by atoms with Crippen LogP contribution in [0, 0.1) is 0 Å². The molecule has 6 heteroatoms. The SMILES string of the molecule is CN(CC(=O)c1ccc[nH]1)C1CCCN(C(=O)OC(C)(C)C)C1. The van der Waals surface area contributed by atoms with Crippen molar-refractivity contribution < 1.29 is 14.3 Å². The fourth-order valence-electron chi connectivity index (χ4n) is 2.75. The minimum absolute atomic E-state index is 0.0619. The van der Waals surface area contributed by atoms with Crippen molar-refractivity contribution in [3.05, 3.63) is 24.0 Å². The number of likely N-dealkylation sites (tertiary alicyclic amines) is 1. The molecule has 0 aliphatic carbocycles. The van der Waals surface area contributed by atoms with Crippen molar-refractivity contribution in [3.63, 3.8) is 0 Å². The quantitative estimate of drug-likeness (QED) is 0.866. The molecule has 1 atom stereocenters. The van der Waals surface area contributed by atoms with E-state index in [-0.39, 0.29) is 17.9 Å². The lowest BCUT2D eigenvalue weighted by molar-refractivity contribution is 0.0129. The van der Waals surface area contributed by atoms with Crippen molar-refractivity contribution in [2.45, 2.75) is 45.3 Å². The van der Waals surface area contributed by atoms with Crippen LogP contribution in [0.2, 0.25) is 0 Å². The molecule has 1 aliphatic rings. The van der Waals surface area contributed by atoms with Crippen LogP contribution in [-0.4, -0.2) is 65.0 Å². The second-order valence-electron chi connectivity index (χ2n) is 7.14. The van der Waals surface area contributed by atoms with Crippen LogP contribution in [0.1, 0.15) is 44.1 Å². The van der Waals surface area contributed by atoms with Gasteiger partial charge in [0, 0.05) is 25.3 Å². The van der Waals surface area contributed by atoms with Crippen LogP contribution in [0.25, 0.3) is 0 Å². The fourth-order valence-corrected chi connectivity index (χ4v) is 2.75. The Kier molecular flexibility index (Phi) is 5.46. The molecule has 0 spiro atoms. The molecule has 1 unspecified atom stereocenters. The molecule has 2 rings (SSSR count). The van der Waals surface area contributed by atoms with E-state index in [9.17, 15) is 9.59 Å². The predicted molar refractivity (Wildman–Crippen MR) is 88.6 cm³/mol. The predicted octanol–water partition coefficient (Wildman–Crippen LogP) is 2.53. The number of piperidine rings is 1. The van der Waals surface area contributed by atoms with Crippen LogP contribution in [0.15, 0.2) is 18.3 Å². The Labute approximate surface area is 137 Å². The van der Waals surface area contributed by atoms with Crippen LogP contribution in [0.3, 0.4) is 0 Å². The molecule has 1 amide bonds. The van der Waals surface area contributed by atoms with Crippen LogP contribution in [-0.2, 0) is 4.74 Å². The third kappa shape index (κ3) is 5.10. The van der Waals surface area contributed by atoms with Gasteiger partial charge in [0.2, 0.25) is 0 Å². The summed E-state index contributed by atoms with van der Waals surface area (Å²) in [7, 11) is 1.93. The molecule has 0 bridgehead atoms. The first-order valence-corrected chi connectivity index (χ1v) is 8.11. The van der Waals surface area contributed by atoms with Gasteiger partial charge in [-0.05, 0) is 52.8 Å². The van der Waals surface area contributed by atoms with Gasteiger partial charge in [-0.3, -0.25) is 9.69 Å². The third-order valence-corrected chi connectivity index (χ3v) is 3.96. The summed E-state index contributed by atoms with van der Waals surface area (Å²) in [5, 5.41) is 0. The number of H-pyrrole nitrogens is 1. The number of rotatable bonds is 4. The number of carbonyl (C=O) groups is 2. The summed E-state index contributed by atoms with van der Waals surface area (Å²) in [6.07, 6.45) is 3.38. The van der Waals surface area contributed by atoms with E-state index in [2.05, 4.69) is 4.98 Å². The molecule has 1 fully saturated rings. The molecule has 23 heavy (non-hydrogen) atoms. The highest BCUT2D eigenvalue weighted by Crippen LogP contribution is 2.18. The van der Waals surface area contributed by atoms with Crippen LogP contribution < -0.4 is 0 Å². The van der Waals surface area contributed by atoms with Gasteiger partial charge in [0.25, 0.3) is 0 Å². The zero-order valence-corrected chi connectivity index (χ0v) is 14.5. The molecule has 1 aliphatic heterocycles. The largest absolute Gasteiger partial charge is 0.444 e. The van der Waals surface area contributed by atoms with Gasteiger partial charge in [-0.25, -0.2) is 4.79 Å². The average Bonchev–Trinajstić information content (AvgIpc) is 3.00. The Bertz CT molecular complexity index is 534. The number of hydrogen-bond donors (Lipinski definition) is 1. The van der Waals surface area contributed by atoms with Gasteiger partial charge < -0.3 is 14.6 Å². The van der Waals surface area contributed by atoms with Gasteiger partial charge in [0.1, 0.15) is 5.60 Å². The van der Waals surface area contributed by atoms with E-state index < -0.39 is 5.60 Å². The number of amides is 1. The molecular weight excluding hydrogens is 294 g/mol. The lowest BCUT2D eigenvalue weighted by Gasteiger charge is -2.37. The monoisotopic (exact) mass is 321 g/mol. The maximum atomic E-state index is 12.2. The number of nitrogens with one attached hydrogen (secondary N) is 1. The van der Waals surface area contributed by atoms with E-state index >= 15 is 0 Å². The van der Waals surface area contributed by atoms with Gasteiger partial charge in [-0.1, -0.05) is 0 Å². The van der Waals surface area contributed by atoms with Crippen molar-refractivity contribution in [2.24, 2.45) is 0 Å². The number of hydrogen-bond acceptors (Lipinski definition) is 4. The average molecular weight is 321 g/mol. The lowest BCUT2D eigenvalue weighted by Crippen LogP contribution is -2.50. The summed E-state index contributed by atoms with van der Waals surface area (Å²) in [4.78, 5) is 31.1. The maximum absolute atomic E-state index is 12.2. The second kappa shape index (κ2) is 7.17. The molecule has 0 radical (unpaired) electrons. The molecule has 6 nitrogen and oxygen atoms in total. The number of Topliss-reactive ketones (excluding diaryl/α,β-unsaturated/α-hetero) is 1. The first-order valence-electron chi connectivity index (χ1n) is 8.11. The molecule has 0 saturated carbocycles. The topological polar surface area (TPSA) is 65.6 Å². The highest BCUT2D eigenvalue weighted by atomic mass is 16.6. The number of aromatic nitrogens is 1. The van der Waals surface area contributed by atoms with Crippen molar-refractivity contribution >= 4 is 11.9 Å². The van der Waals surface area contributed by atoms with E-state index in [0.717, 1.165) is 12.8 Å². The minimum Gasteiger partial charge on any atom is -0.444 e. The van der Waals surface area contributed by atoms with E-state index in [1.165, 1.54) is 0 Å². The zero-order valence-electron chi connectivity index (χ0n) is 14.5. The van der Waals surface area contributed by atoms with Gasteiger partial charge in [-0.15, -0.1) is 0 Å². The molecule has 0 aromatic carbocycles. The van der Waals surface area contributed by atoms with Crippen molar-refractivity contribution in [2.75, 3.05) is 26.7 Å². The fraction of sp³-hybridized carbons (Fsp3) is 0.647. The molecule has 1 N–H and O–H groups in total. The number of nitrogens with zero attached hydrogens (tertiary/aromatic N) is 2. The Morgan fingerprint density at radius 2 is 2.17 bits per heavy atom. The number of ketones is 1. The molecule has 1 aromatic heterocycles. The van der Waals surface area contributed by atoms with Crippen LogP contribution in [0.4, 0.5) is 4.79 Å². The number of ether oxygens (including phenoxy) is 1. The molecule has 128 valence electrons. The summed E-state index contributed by atoms with van der Waals surface area (Å²) in [6, 6.07) is 3.78. The third-order valence-electron chi connectivity index (χ3n) is 3.96. The Hall–Kier alpha value is -1.82. The van der Waals surface area contributed by atoms with Gasteiger partial charge in [-0.2, -0.15) is 0 Å². The van der Waals surface area contributed by atoms with E-state index in [1.807, 2.05) is 38.8 Å².